The summed E-state index contributed by atoms with van der Waals surface area (Å²) in [5.41, 5.74) is 9.81. The normalized spacial score (nSPS) is 10.4. The molecule has 0 unspecified atom stereocenters. The third kappa shape index (κ3) is 4.00. The van der Waals surface area contributed by atoms with Gasteiger partial charge < -0.3 is 15.8 Å². The minimum Gasteiger partial charge on any atom is -0.496 e. The molecule has 2 aromatic heterocycles. The Balaban J connectivity index is 1.53. The second-order valence-electron chi connectivity index (χ2n) is 6.92. The second kappa shape index (κ2) is 9.02. The first-order chi connectivity index (χ1) is 15.6. The molecule has 0 aliphatic heterocycles. The standard InChI is InChI=1S/C24H20N6O2/c1-32-21-5-3-2-4-19(21)24(31)28-15-16-6-8-17(9-7-16)22-20(14-25)23(26)30(29-22)18-10-12-27-13-11-18/h2-13H,15,26H2,1H3,(H,28,31). The number of nitrogens with one attached hydrogen (secondary N) is 1. The number of aromatic nitrogens is 3. The zero-order valence-electron chi connectivity index (χ0n) is 17.3. The van der Waals surface area contributed by atoms with Gasteiger partial charge in [0, 0.05) is 24.5 Å². The van der Waals surface area contributed by atoms with E-state index in [9.17, 15) is 10.1 Å². The molecule has 158 valence electrons. The topological polar surface area (TPSA) is 119 Å². The molecule has 0 aliphatic rings. The Morgan fingerprint density at radius 1 is 1.12 bits per heavy atom. The van der Waals surface area contributed by atoms with E-state index in [0.717, 1.165) is 16.8 Å². The highest BCUT2D eigenvalue weighted by molar-refractivity contribution is 5.96. The van der Waals surface area contributed by atoms with Crippen LogP contribution in [0.5, 0.6) is 5.75 Å². The highest BCUT2D eigenvalue weighted by Crippen LogP contribution is 2.28. The molecule has 32 heavy (non-hydrogen) atoms. The minimum absolute atomic E-state index is 0.220. The molecule has 0 saturated carbocycles. The van der Waals surface area contributed by atoms with Crippen molar-refractivity contribution in [3.63, 3.8) is 0 Å². The first-order valence-electron chi connectivity index (χ1n) is 9.82. The molecule has 1 amide bonds. The van der Waals surface area contributed by atoms with Gasteiger partial charge >= 0.3 is 0 Å². The summed E-state index contributed by atoms with van der Waals surface area (Å²) in [5.74, 6) is 0.566. The smallest absolute Gasteiger partial charge is 0.255 e. The molecule has 8 heteroatoms. The summed E-state index contributed by atoms with van der Waals surface area (Å²) in [6.45, 7) is 0.343. The molecular formula is C24H20N6O2. The summed E-state index contributed by atoms with van der Waals surface area (Å²) in [6, 6.07) is 20.2. The molecule has 0 bridgehead atoms. The van der Waals surface area contributed by atoms with Crippen LogP contribution in [0.2, 0.25) is 0 Å². The largest absolute Gasteiger partial charge is 0.496 e. The zero-order chi connectivity index (χ0) is 22.5. The summed E-state index contributed by atoms with van der Waals surface area (Å²) in [5, 5.41) is 17.0. The Morgan fingerprint density at radius 2 is 1.84 bits per heavy atom. The number of nitrogens with two attached hydrogens (primary N) is 1. The van der Waals surface area contributed by atoms with Crippen molar-refractivity contribution in [1.82, 2.24) is 20.1 Å². The van der Waals surface area contributed by atoms with Gasteiger partial charge in [0.2, 0.25) is 0 Å². The number of hydrogen-bond donors (Lipinski definition) is 2. The van der Waals surface area contributed by atoms with Crippen LogP contribution < -0.4 is 15.8 Å². The van der Waals surface area contributed by atoms with Crippen molar-refractivity contribution in [2.75, 3.05) is 12.8 Å². The molecule has 0 atom stereocenters. The number of nitriles is 1. The van der Waals surface area contributed by atoms with Gasteiger partial charge in [-0.1, -0.05) is 36.4 Å². The quantitative estimate of drug-likeness (QED) is 0.490. The maximum Gasteiger partial charge on any atom is 0.255 e. The molecule has 0 saturated heterocycles. The SMILES string of the molecule is COc1ccccc1C(=O)NCc1ccc(-c2nn(-c3ccncc3)c(N)c2C#N)cc1. The monoisotopic (exact) mass is 424 g/mol. The van der Waals surface area contributed by atoms with Gasteiger partial charge in [0.25, 0.3) is 5.91 Å². The third-order valence-electron chi connectivity index (χ3n) is 4.97. The average Bonchev–Trinajstić information content (AvgIpc) is 3.19. The number of amides is 1. The van der Waals surface area contributed by atoms with Gasteiger partial charge in [-0.05, 0) is 29.8 Å². The molecule has 4 rings (SSSR count). The molecular weight excluding hydrogens is 404 g/mol. The van der Waals surface area contributed by atoms with Crippen LogP contribution in [-0.4, -0.2) is 27.8 Å². The lowest BCUT2D eigenvalue weighted by molar-refractivity contribution is 0.0948. The number of hydrogen-bond acceptors (Lipinski definition) is 6. The van der Waals surface area contributed by atoms with Crippen LogP contribution in [0.3, 0.4) is 0 Å². The summed E-state index contributed by atoms with van der Waals surface area (Å²) in [4.78, 5) is 16.5. The van der Waals surface area contributed by atoms with E-state index in [1.165, 1.54) is 11.8 Å². The second-order valence-corrected chi connectivity index (χ2v) is 6.92. The fourth-order valence-corrected chi connectivity index (χ4v) is 3.32. The van der Waals surface area contributed by atoms with Crippen LogP contribution in [0.15, 0.2) is 73.1 Å². The van der Waals surface area contributed by atoms with E-state index >= 15 is 0 Å². The molecule has 0 radical (unpaired) electrons. The molecule has 0 fully saturated rings. The van der Waals surface area contributed by atoms with Crippen molar-refractivity contribution in [2.45, 2.75) is 6.54 Å². The number of benzene rings is 2. The van der Waals surface area contributed by atoms with Gasteiger partial charge in [0.1, 0.15) is 28.9 Å². The lowest BCUT2D eigenvalue weighted by Crippen LogP contribution is -2.23. The van der Waals surface area contributed by atoms with E-state index < -0.39 is 0 Å². The van der Waals surface area contributed by atoms with Gasteiger partial charge in [0.05, 0.1) is 18.4 Å². The Kier molecular flexibility index (Phi) is 5.81. The fourth-order valence-electron chi connectivity index (χ4n) is 3.32. The number of nitrogen functional groups attached to an aromatic ring is 1. The lowest BCUT2D eigenvalue weighted by Gasteiger charge is -2.09. The van der Waals surface area contributed by atoms with Crippen LogP contribution in [0.1, 0.15) is 21.5 Å². The zero-order valence-corrected chi connectivity index (χ0v) is 17.3. The Morgan fingerprint density at radius 3 is 2.53 bits per heavy atom. The number of carbonyl (C=O) groups is 1. The predicted molar refractivity (Wildman–Crippen MR) is 120 cm³/mol. The number of ether oxygens (including phenoxy) is 1. The van der Waals surface area contributed by atoms with Crippen molar-refractivity contribution >= 4 is 11.7 Å². The van der Waals surface area contributed by atoms with Gasteiger partial charge in [-0.3, -0.25) is 9.78 Å². The summed E-state index contributed by atoms with van der Waals surface area (Å²) < 4.78 is 6.76. The van der Waals surface area contributed by atoms with Crippen LogP contribution in [0.4, 0.5) is 5.82 Å². The van der Waals surface area contributed by atoms with Crippen LogP contribution in [0, 0.1) is 11.3 Å². The van der Waals surface area contributed by atoms with Crippen molar-refractivity contribution in [1.29, 1.82) is 5.26 Å². The first-order valence-corrected chi connectivity index (χ1v) is 9.82. The third-order valence-corrected chi connectivity index (χ3v) is 4.97. The molecule has 0 aliphatic carbocycles. The van der Waals surface area contributed by atoms with Gasteiger partial charge in [-0.2, -0.15) is 10.4 Å². The summed E-state index contributed by atoms with van der Waals surface area (Å²) in [7, 11) is 1.53. The van der Waals surface area contributed by atoms with Crippen molar-refractivity contribution in [3.8, 4) is 28.8 Å². The maximum atomic E-state index is 12.5. The molecule has 2 aromatic carbocycles. The molecule has 2 heterocycles. The molecule has 3 N–H and O–H groups in total. The van der Waals surface area contributed by atoms with Crippen molar-refractivity contribution in [3.05, 3.63) is 89.7 Å². The van der Waals surface area contributed by atoms with Crippen LogP contribution >= 0.6 is 0 Å². The summed E-state index contributed by atoms with van der Waals surface area (Å²) >= 11 is 0. The Hall–Kier alpha value is -4.64. The number of pyridine rings is 1. The van der Waals surface area contributed by atoms with E-state index in [1.54, 1.807) is 42.7 Å². The van der Waals surface area contributed by atoms with Crippen molar-refractivity contribution < 1.29 is 9.53 Å². The summed E-state index contributed by atoms with van der Waals surface area (Å²) in [6.07, 6.45) is 3.27. The Bertz CT molecular complexity index is 1290. The maximum absolute atomic E-state index is 12.5. The van der Waals surface area contributed by atoms with E-state index in [1.807, 2.05) is 30.3 Å². The van der Waals surface area contributed by atoms with Gasteiger partial charge in [0.15, 0.2) is 0 Å². The fraction of sp³-hybridized carbons (Fsp3) is 0.0833. The number of rotatable bonds is 6. The number of methoxy groups -OCH3 is 1. The number of para-hydroxylation sites is 1. The Labute approximate surface area is 184 Å². The highest BCUT2D eigenvalue weighted by Gasteiger charge is 2.18. The number of anilines is 1. The van der Waals surface area contributed by atoms with Crippen LogP contribution in [0.25, 0.3) is 16.9 Å². The molecule has 8 nitrogen and oxygen atoms in total. The van der Waals surface area contributed by atoms with E-state index in [2.05, 4.69) is 21.5 Å². The predicted octanol–water partition coefficient (Wildman–Crippen LogP) is 3.33. The van der Waals surface area contributed by atoms with Crippen molar-refractivity contribution in [2.24, 2.45) is 0 Å². The molecule has 0 spiro atoms. The number of nitrogens with zero attached hydrogens (tertiary/aromatic N) is 4. The van der Waals surface area contributed by atoms with E-state index in [0.29, 0.717) is 29.1 Å². The number of carbonyl (C=O) groups excluding carboxylic acids is 1. The lowest BCUT2D eigenvalue weighted by atomic mass is 10.1. The van der Waals surface area contributed by atoms with E-state index in [-0.39, 0.29) is 11.7 Å². The minimum atomic E-state index is -0.220. The molecule has 4 aromatic rings. The van der Waals surface area contributed by atoms with E-state index in [4.69, 9.17) is 10.5 Å². The van der Waals surface area contributed by atoms with Gasteiger partial charge in [-0.15, -0.1) is 0 Å². The average molecular weight is 424 g/mol. The van der Waals surface area contributed by atoms with Gasteiger partial charge in [-0.25, -0.2) is 4.68 Å². The van der Waals surface area contributed by atoms with Crippen LogP contribution in [-0.2, 0) is 6.54 Å². The highest BCUT2D eigenvalue weighted by atomic mass is 16.5. The first kappa shape index (κ1) is 20.6.